The van der Waals surface area contributed by atoms with Gasteiger partial charge < -0.3 is 5.11 Å². The number of hydrogen-bond acceptors (Lipinski definition) is 3. The molecule has 0 aliphatic carbocycles. The van der Waals surface area contributed by atoms with Gasteiger partial charge in [-0.3, -0.25) is 0 Å². The lowest BCUT2D eigenvalue weighted by atomic mass is 10.0. The summed E-state index contributed by atoms with van der Waals surface area (Å²) >= 11 is 0. The van der Waals surface area contributed by atoms with Gasteiger partial charge in [-0.15, -0.1) is 0 Å². The van der Waals surface area contributed by atoms with Crippen LogP contribution in [0, 0.1) is 0 Å². The molecular formula is C13H19NO3S. The average Bonchev–Trinajstić information content (AvgIpc) is 2.69. The summed E-state index contributed by atoms with van der Waals surface area (Å²) in [5, 5.41) is 8.97. The first-order valence-corrected chi connectivity index (χ1v) is 7.54. The Morgan fingerprint density at radius 1 is 1.28 bits per heavy atom. The maximum Gasteiger partial charge on any atom is 0.243 e. The molecule has 0 radical (unpaired) electrons. The molecule has 0 amide bonds. The van der Waals surface area contributed by atoms with Crippen molar-refractivity contribution in [1.29, 1.82) is 0 Å². The molecule has 4 nitrogen and oxygen atoms in total. The molecule has 0 aromatic heterocycles. The molecule has 1 heterocycles. The second kappa shape index (κ2) is 4.64. The predicted octanol–water partition coefficient (Wildman–Crippen LogP) is 1.74. The van der Waals surface area contributed by atoms with E-state index in [-0.39, 0.29) is 12.1 Å². The SMILES string of the molecule is CC1(C)CCCN1S(=O)(=O)c1ccc(CO)cc1. The lowest BCUT2D eigenvalue weighted by Crippen LogP contribution is -2.42. The van der Waals surface area contributed by atoms with Crippen molar-refractivity contribution < 1.29 is 13.5 Å². The van der Waals surface area contributed by atoms with Crippen LogP contribution < -0.4 is 0 Å². The molecule has 0 unspecified atom stereocenters. The monoisotopic (exact) mass is 269 g/mol. The van der Waals surface area contributed by atoms with Gasteiger partial charge in [0.15, 0.2) is 0 Å². The molecule has 1 fully saturated rings. The molecule has 18 heavy (non-hydrogen) atoms. The number of rotatable bonds is 3. The van der Waals surface area contributed by atoms with Crippen LogP contribution in [0.25, 0.3) is 0 Å². The van der Waals surface area contributed by atoms with Crippen molar-refractivity contribution in [3.8, 4) is 0 Å². The first-order valence-electron chi connectivity index (χ1n) is 6.10. The van der Waals surface area contributed by atoms with Crippen LogP contribution in [-0.4, -0.2) is 29.9 Å². The van der Waals surface area contributed by atoms with Crippen LogP contribution >= 0.6 is 0 Å². The third-order valence-corrected chi connectivity index (χ3v) is 5.64. The van der Waals surface area contributed by atoms with Crippen molar-refractivity contribution in [1.82, 2.24) is 4.31 Å². The Morgan fingerprint density at radius 2 is 1.89 bits per heavy atom. The fraction of sp³-hybridized carbons (Fsp3) is 0.538. The Balaban J connectivity index is 2.36. The quantitative estimate of drug-likeness (QED) is 0.909. The van der Waals surface area contributed by atoms with Gasteiger partial charge in [0.05, 0.1) is 11.5 Å². The maximum absolute atomic E-state index is 12.5. The Hall–Kier alpha value is -0.910. The van der Waals surface area contributed by atoms with Crippen LogP contribution in [0.2, 0.25) is 0 Å². The molecular weight excluding hydrogens is 250 g/mol. The van der Waals surface area contributed by atoms with Crippen molar-refractivity contribution in [2.24, 2.45) is 0 Å². The average molecular weight is 269 g/mol. The number of aliphatic hydroxyl groups excluding tert-OH is 1. The van der Waals surface area contributed by atoms with Crippen molar-refractivity contribution >= 4 is 10.0 Å². The molecule has 1 N–H and O–H groups in total. The van der Waals surface area contributed by atoms with Gasteiger partial charge in [0.1, 0.15) is 0 Å². The lowest BCUT2D eigenvalue weighted by molar-refractivity contribution is 0.281. The van der Waals surface area contributed by atoms with Crippen molar-refractivity contribution in [2.45, 2.75) is 43.7 Å². The molecule has 1 aromatic carbocycles. The normalized spacial score (nSPS) is 20.2. The highest BCUT2D eigenvalue weighted by Gasteiger charge is 2.40. The van der Waals surface area contributed by atoms with E-state index in [9.17, 15) is 8.42 Å². The first kappa shape index (κ1) is 13.5. The minimum absolute atomic E-state index is 0.0739. The Kier molecular flexibility index (Phi) is 3.49. The highest BCUT2D eigenvalue weighted by atomic mass is 32.2. The summed E-state index contributed by atoms with van der Waals surface area (Å²) in [5.74, 6) is 0. The molecule has 0 spiro atoms. The largest absolute Gasteiger partial charge is 0.392 e. The van der Waals surface area contributed by atoms with E-state index in [1.165, 1.54) is 0 Å². The van der Waals surface area contributed by atoms with E-state index in [1.807, 2.05) is 13.8 Å². The van der Waals surface area contributed by atoms with Crippen LogP contribution in [-0.2, 0) is 16.6 Å². The topological polar surface area (TPSA) is 57.6 Å². The molecule has 0 saturated carbocycles. The lowest BCUT2D eigenvalue weighted by Gasteiger charge is -2.30. The molecule has 0 bridgehead atoms. The second-order valence-corrected chi connectivity index (χ2v) is 7.16. The first-order chi connectivity index (χ1) is 8.38. The molecule has 1 aliphatic heterocycles. The van der Waals surface area contributed by atoms with Gasteiger partial charge in [-0.05, 0) is 44.4 Å². The van der Waals surface area contributed by atoms with Gasteiger partial charge in [-0.2, -0.15) is 4.31 Å². The zero-order valence-corrected chi connectivity index (χ0v) is 11.6. The summed E-state index contributed by atoms with van der Waals surface area (Å²) in [6, 6.07) is 6.43. The number of hydrogen-bond donors (Lipinski definition) is 1. The van der Waals surface area contributed by atoms with Gasteiger partial charge in [-0.1, -0.05) is 12.1 Å². The van der Waals surface area contributed by atoms with Crippen LogP contribution in [0.3, 0.4) is 0 Å². The van der Waals surface area contributed by atoms with E-state index >= 15 is 0 Å². The van der Waals surface area contributed by atoms with E-state index in [4.69, 9.17) is 5.11 Å². The van der Waals surface area contributed by atoms with Gasteiger partial charge >= 0.3 is 0 Å². The summed E-state index contributed by atoms with van der Waals surface area (Å²) in [4.78, 5) is 0.301. The molecule has 1 saturated heterocycles. The minimum Gasteiger partial charge on any atom is -0.392 e. The van der Waals surface area contributed by atoms with Crippen molar-refractivity contribution in [3.05, 3.63) is 29.8 Å². The zero-order valence-electron chi connectivity index (χ0n) is 10.8. The molecule has 2 rings (SSSR count). The predicted molar refractivity (Wildman–Crippen MR) is 69.6 cm³/mol. The highest BCUT2D eigenvalue weighted by molar-refractivity contribution is 7.89. The third-order valence-electron chi connectivity index (χ3n) is 3.52. The smallest absolute Gasteiger partial charge is 0.243 e. The standard InChI is InChI=1S/C13H19NO3S/c1-13(2)8-3-9-14(13)18(16,17)12-6-4-11(10-15)5-7-12/h4-7,15H,3,8-10H2,1-2H3. The van der Waals surface area contributed by atoms with Gasteiger partial charge in [0.2, 0.25) is 10.0 Å². The van der Waals surface area contributed by atoms with Crippen molar-refractivity contribution in [2.75, 3.05) is 6.54 Å². The summed E-state index contributed by atoms with van der Waals surface area (Å²) in [6.07, 6.45) is 1.79. The Morgan fingerprint density at radius 3 is 2.33 bits per heavy atom. The zero-order chi connectivity index (χ0) is 13.4. The van der Waals surface area contributed by atoms with E-state index in [0.717, 1.165) is 18.4 Å². The number of nitrogens with zero attached hydrogens (tertiary/aromatic N) is 1. The van der Waals surface area contributed by atoms with Crippen LogP contribution in [0.15, 0.2) is 29.2 Å². The summed E-state index contributed by atoms with van der Waals surface area (Å²) in [6.45, 7) is 4.42. The fourth-order valence-electron chi connectivity index (χ4n) is 2.42. The molecule has 5 heteroatoms. The number of benzene rings is 1. The highest BCUT2D eigenvalue weighted by Crippen LogP contribution is 2.33. The van der Waals surface area contributed by atoms with E-state index in [2.05, 4.69) is 0 Å². The van der Waals surface area contributed by atoms with E-state index in [1.54, 1.807) is 28.6 Å². The van der Waals surface area contributed by atoms with E-state index in [0.29, 0.717) is 11.4 Å². The Labute approximate surface area is 108 Å². The molecule has 1 aliphatic rings. The number of aliphatic hydroxyl groups is 1. The summed E-state index contributed by atoms with van der Waals surface area (Å²) in [7, 11) is -3.42. The molecule has 0 atom stereocenters. The summed E-state index contributed by atoms with van der Waals surface area (Å²) in [5.41, 5.74) is 0.406. The number of sulfonamides is 1. The van der Waals surface area contributed by atoms with Crippen LogP contribution in [0.5, 0.6) is 0 Å². The second-order valence-electron chi connectivity index (χ2n) is 5.30. The molecule has 100 valence electrons. The van der Waals surface area contributed by atoms with Gasteiger partial charge in [0, 0.05) is 12.1 Å². The van der Waals surface area contributed by atoms with Gasteiger partial charge in [-0.25, -0.2) is 8.42 Å². The van der Waals surface area contributed by atoms with E-state index < -0.39 is 10.0 Å². The van der Waals surface area contributed by atoms with Crippen molar-refractivity contribution in [3.63, 3.8) is 0 Å². The van der Waals surface area contributed by atoms with Crippen LogP contribution in [0.4, 0.5) is 0 Å². The molecule has 1 aromatic rings. The fourth-order valence-corrected chi connectivity index (χ4v) is 4.27. The van der Waals surface area contributed by atoms with Gasteiger partial charge in [0.25, 0.3) is 0 Å². The summed E-state index contributed by atoms with van der Waals surface area (Å²) < 4.78 is 26.6. The maximum atomic E-state index is 12.5. The minimum atomic E-state index is -3.42. The Bertz CT molecular complexity index is 520. The van der Waals surface area contributed by atoms with Crippen LogP contribution in [0.1, 0.15) is 32.3 Å². The third kappa shape index (κ3) is 2.30.